The molecule has 12 heteroatoms. The number of fused-ring (bicyclic) bond motifs is 1. The van der Waals surface area contributed by atoms with Crippen LogP contribution in [0, 0.1) is 6.92 Å². The number of benzene rings is 2. The molecule has 2 aromatic carbocycles. The van der Waals surface area contributed by atoms with Crippen molar-refractivity contribution in [1.82, 2.24) is 24.2 Å². The topological polar surface area (TPSA) is 82.2 Å². The molecular weight excluding hydrogens is 615 g/mol. The van der Waals surface area contributed by atoms with E-state index in [4.69, 9.17) is 14.8 Å². The molecule has 3 heterocycles. The molecule has 8 nitrogen and oxygen atoms in total. The summed E-state index contributed by atoms with van der Waals surface area (Å²) in [6, 6.07) is 11.9. The average Bonchev–Trinajstić information content (AvgIpc) is 3.34. The Morgan fingerprint density at radius 1 is 1.12 bits per heavy atom. The molecule has 0 radical (unpaired) electrons. The highest BCUT2D eigenvalue weighted by Gasteiger charge is 2.36. The van der Waals surface area contributed by atoms with Crippen LogP contribution in [0.2, 0.25) is 0 Å². The molecule has 0 N–H and O–H groups in total. The van der Waals surface area contributed by atoms with E-state index >= 15 is 0 Å². The smallest absolute Gasteiger partial charge is 0.417 e. The monoisotopic (exact) mass is 643 g/mol. The van der Waals surface area contributed by atoms with Crippen LogP contribution in [0.15, 0.2) is 57.8 Å². The van der Waals surface area contributed by atoms with Gasteiger partial charge in [-0.3, -0.25) is 9.59 Å². The van der Waals surface area contributed by atoms with E-state index in [-0.39, 0.29) is 40.4 Å². The number of ether oxygens (including phenoxy) is 1. The van der Waals surface area contributed by atoms with Crippen molar-refractivity contribution in [2.45, 2.75) is 58.8 Å². The summed E-state index contributed by atoms with van der Waals surface area (Å²) in [6.45, 7) is 7.62. The van der Waals surface area contributed by atoms with Gasteiger partial charge in [-0.25, -0.2) is 14.2 Å². The summed E-state index contributed by atoms with van der Waals surface area (Å²) in [5.74, 6) is 0.427. The first-order valence-electron chi connectivity index (χ1n) is 13.3. The van der Waals surface area contributed by atoms with E-state index in [1.807, 2.05) is 26.8 Å². The van der Waals surface area contributed by atoms with Crippen LogP contribution in [0.25, 0.3) is 11.6 Å². The minimum Gasteiger partial charge on any atom is -0.497 e. The summed E-state index contributed by atoms with van der Waals surface area (Å²) in [6.07, 6.45) is -4.45. The molecule has 0 aliphatic carbocycles. The lowest BCUT2D eigenvalue weighted by Gasteiger charge is -2.34. The molecular formula is C30H29BrF3N5O3. The highest BCUT2D eigenvalue weighted by molar-refractivity contribution is 9.10. The maximum atomic E-state index is 14.1. The normalized spacial score (nSPS) is 15.2. The van der Waals surface area contributed by atoms with Crippen LogP contribution >= 0.6 is 15.9 Å². The fourth-order valence-corrected chi connectivity index (χ4v) is 5.52. The highest BCUT2D eigenvalue weighted by Crippen LogP contribution is 2.36. The number of carbonyl (C=O) groups is 1. The number of alkyl halides is 3. The van der Waals surface area contributed by atoms with E-state index in [9.17, 15) is 22.8 Å². The molecule has 1 aliphatic heterocycles. The molecule has 1 atom stereocenters. The Bertz CT molecular complexity index is 1730. The minimum atomic E-state index is -4.63. The number of methoxy groups -OCH3 is 1. The number of halogens is 4. The number of hydrogen-bond acceptors (Lipinski definition) is 5. The second kappa shape index (κ2) is 11.0. The lowest BCUT2D eigenvalue weighted by molar-refractivity contribution is -0.138. The molecule has 0 saturated carbocycles. The number of nitrogens with zero attached hydrogens (tertiary/aromatic N) is 5. The predicted octanol–water partition coefficient (Wildman–Crippen LogP) is 6.23. The fraction of sp³-hybridized carbons (Fsp3) is 0.333. The molecule has 1 aliphatic rings. The van der Waals surface area contributed by atoms with Crippen LogP contribution in [-0.2, 0) is 19.1 Å². The summed E-state index contributed by atoms with van der Waals surface area (Å²) in [5.41, 5.74) is 1.62. The number of aromatic nitrogens is 4. The van der Waals surface area contributed by atoms with Crippen molar-refractivity contribution in [3.05, 3.63) is 97.1 Å². The standard InChI is InChI=1S/C30H29BrF3N5O3/c1-16(2)25-13-18(4)39(36-25)29-35-26-15-37(27(40)19-6-11-24(31)23(14-19)30(32,33)34)17(3)12-22(26)28(41)38(29)20-7-9-21(42-5)10-8-20/h6-11,13-14,16-17H,12,15H2,1-5H3. The maximum Gasteiger partial charge on any atom is 0.417 e. The maximum absolute atomic E-state index is 14.1. The quantitative estimate of drug-likeness (QED) is 0.258. The zero-order chi connectivity index (χ0) is 30.5. The van der Waals surface area contributed by atoms with Crippen LogP contribution < -0.4 is 10.3 Å². The first-order valence-corrected chi connectivity index (χ1v) is 14.1. The van der Waals surface area contributed by atoms with Gasteiger partial charge in [-0.15, -0.1) is 0 Å². The summed E-state index contributed by atoms with van der Waals surface area (Å²) in [5, 5.41) is 4.73. The van der Waals surface area contributed by atoms with E-state index in [0.29, 0.717) is 22.7 Å². The van der Waals surface area contributed by atoms with Gasteiger partial charge in [0, 0.05) is 27.3 Å². The fourth-order valence-electron chi connectivity index (χ4n) is 5.05. The lowest BCUT2D eigenvalue weighted by atomic mass is 9.98. The van der Waals surface area contributed by atoms with Crippen LogP contribution in [0.3, 0.4) is 0 Å². The SMILES string of the molecule is COc1ccc(-n2c(-n3nc(C(C)C)cc3C)nc3c(c2=O)CC(C)N(C(=O)c2ccc(Br)c(C(F)(F)F)c2)C3)cc1. The van der Waals surface area contributed by atoms with Gasteiger partial charge in [0.25, 0.3) is 11.5 Å². The molecule has 0 bridgehead atoms. The Balaban J connectivity index is 1.64. The van der Waals surface area contributed by atoms with Gasteiger partial charge < -0.3 is 9.64 Å². The van der Waals surface area contributed by atoms with Crippen LogP contribution in [0.5, 0.6) is 5.75 Å². The van der Waals surface area contributed by atoms with Crippen molar-refractivity contribution in [1.29, 1.82) is 0 Å². The third-order valence-electron chi connectivity index (χ3n) is 7.39. The summed E-state index contributed by atoms with van der Waals surface area (Å²) in [4.78, 5) is 34.0. The number of aryl methyl sites for hydroxylation is 1. The van der Waals surface area contributed by atoms with Gasteiger partial charge in [0.15, 0.2) is 0 Å². The molecule has 1 amide bonds. The van der Waals surface area contributed by atoms with Crippen LogP contribution in [-0.4, -0.2) is 43.3 Å². The Morgan fingerprint density at radius 3 is 2.40 bits per heavy atom. The summed E-state index contributed by atoms with van der Waals surface area (Å²) >= 11 is 2.93. The van der Waals surface area contributed by atoms with Crippen molar-refractivity contribution >= 4 is 21.8 Å². The van der Waals surface area contributed by atoms with Crippen molar-refractivity contribution in [2.24, 2.45) is 0 Å². The lowest BCUT2D eigenvalue weighted by Crippen LogP contribution is -2.46. The Hall–Kier alpha value is -3.93. The predicted molar refractivity (Wildman–Crippen MR) is 155 cm³/mol. The molecule has 2 aromatic heterocycles. The van der Waals surface area contributed by atoms with Gasteiger partial charge in [0.05, 0.1) is 36.3 Å². The zero-order valence-electron chi connectivity index (χ0n) is 23.7. The Kier molecular flexibility index (Phi) is 7.78. The van der Waals surface area contributed by atoms with Crippen LogP contribution in [0.4, 0.5) is 13.2 Å². The van der Waals surface area contributed by atoms with E-state index in [0.717, 1.165) is 17.5 Å². The van der Waals surface area contributed by atoms with E-state index in [1.54, 1.807) is 43.0 Å². The minimum absolute atomic E-state index is 0.0458. The van der Waals surface area contributed by atoms with Crippen molar-refractivity contribution < 1.29 is 22.7 Å². The number of rotatable bonds is 5. The van der Waals surface area contributed by atoms with E-state index in [2.05, 4.69) is 15.9 Å². The molecule has 0 spiro atoms. The van der Waals surface area contributed by atoms with Gasteiger partial charge in [-0.05, 0) is 74.7 Å². The van der Waals surface area contributed by atoms with E-state index in [1.165, 1.54) is 21.6 Å². The zero-order valence-corrected chi connectivity index (χ0v) is 25.2. The third kappa shape index (κ3) is 5.35. The van der Waals surface area contributed by atoms with Gasteiger partial charge >= 0.3 is 6.18 Å². The Morgan fingerprint density at radius 2 is 1.81 bits per heavy atom. The van der Waals surface area contributed by atoms with Gasteiger partial charge in [-0.2, -0.15) is 18.3 Å². The van der Waals surface area contributed by atoms with Crippen molar-refractivity contribution in [3.63, 3.8) is 0 Å². The second-order valence-corrected chi connectivity index (χ2v) is 11.5. The van der Waals surface area contributed by atoms with Gasteiger partial charge in [0.2, 0.25) is 5.95 Å². The molecule has 42 heavy (non-hydrogen) atoms. The second-order valence-electron chi connectivity index (χ2n) is 10.6. The summed E-state index contributed by atoms with van der Waals surface area (Å²) in [7, 11) is 1.56. The van der Waals surface area contributed by atoms with E-state index < -0.39 is 23.7 Å². The molecule has 0 saturated heterocycles. The first kappa shape index (κ1) is 29.6. The van der Waals surface area contributed by atoms with Gasteiger partial charge in [0.1, 0.15) is 5.75 Å². The average molecular weight is 644 g/mol. The summed E-state index contributed by atoms with van der Waals surface area (Å²) < 4.78 is 48.9. The first-order chi connectivity index (χ1) is 19.8. The van der Waals surface area contributed by atoms with Crippen molar-refractivity contribution in [2.75, 3.05) is 7.11 Å². The molecule has 220 valence electrons. The molecule has 4 aromatic rings. The third-order valence-corrected chi connectivity index (χ3v) is 8.09. The number of carbonyl (C=O) groups excluding carboxylic acids is 1. The highest BCUT2D eigenvalue weighted by atomic mass is 79.9. The van der Waals surface area contributed by atoms with Crippen molar-refractivity contribution in [3.8, 4) is 17.4 Å². The van der Waals surface area contributed by atoms with Crippen LogP contribution in [0.1, 0.15) is 65.3 Å². The molecule has 5 rings (SSSR count). The Labute approximate surface area is 248 Å². The van der Waals surface area contributed by atoms with Gasteiger partial charge in [-0.1, -0.05) is 29.8 Å². The molecule has 1 unspecified atom stereocenters. The number of hydrogen-bond donors (Lipinski definition) is 0. The molecule has 0 fully saturated rings. The largest absolute Gasteiger partial charge is 0.497 e. The number of amides is 1.